The number of piperidine rings is 1. The second-order valence-electron chi connectivity index (χ2n) is 7.64. The van der Waals surface area contributed by atoms with E-state index in [-0.39, 0.29) is 17.5 Å². The zero-order valence-electron chi connectivity index (χ0n) is 17.5. The summed E-state index contributed by atoms with van der Waals surface area (Å²) >= 11 is 0. The van der Waals surface area contributed by atoms with Gasteiger partial charge in [0.2, 0.25) is 0 Å². The van der Waals surface area contributed by atoms with Crippen LogP contribution in [0.3, 0.4) is 0 Å². The number of urea groups is 1. The van der Waals surface area contributed by atoms with E-state index in [4.69, 9.17) is 0 Å². The number of imide groups is 2. The van der Waals surface area contributed by atoms with Crippen LogP contribution in [0.5, 0.6) is 0 Å². The molecule has 10 heteroatoms. The zero-order chi connectivity index (χ0) is 23.4. The lowest BCUT2D eigenvalue weighted by molar-refractivity contribution is -0.123. The molecular weight excluding hydrogens is 424 g/mol. The average molecular weight is 444 g/mol. The average Bonchev–Trinajstić information content (AvgIpc) is 2.82. The summed E-state index contributed by atoms with van der Waals surface area (Å²) < 4.78 is 0. The highest BCUT2D eigenvalue weighted by molar-refractivity contribution is 6.31. The van der Waals surface area contributed by atoms with E-state index in [1.807, 2.05) is 10.6 Å². The van der Waals surface area contributed by atoms with Crippen molar-refractivity contribution in [2.75, 3.05) is 18.0 Å². The molecule has 0 saturated carbocycles. The first-order chi connectivity index (χ1) is 15.9. The standard InChI is InChI=1S/C23H20N6O4/c24-13-16-2-1-9-25-19(16)29-10-7-17(8-11-29)26-20(30)15-5-3-14(4-6-15)12-18-21(31)27-23(33)28-22(18)32/h1-6,9,12,17H,7-8,10-11H2,(H,26,30)(H2,27,28,31,32,33). The van der Waals surface area contributed by atoms with Crippen LogP contribution < -0.4 is 20.9 Å². The summed E-state index contributed by atoms with van der Waals surface area (Å²) in [4.78, 5) is 53.8. The van der Waals surface area contributed by atoms with Gasteiger partial charge in [0.05, 0.1) is 5.56 Å². The second-order valence-corrected chi connectivity index (χ2v) is 7.64. The zero-order valence-corrected chi connectivity index (χ0v) is 17.5. The summed E-state index contributed by atoms with van der Waals surface area (Å²) in [5.41, 5.74) is 1.33. The van der Waals surface area contributed by atoms with Gasteiger partial charge < -0.3 is 10.2 Å². The van der Waals surface area contributed by atoms with Crippen LogP contribution >= 0.6 is 0 Å². The van der Waals surface area contributed by atoms with Gasteiger partial charge in [-0.1, -0.05) is 12.1 Å². The maximum Gasteiger partial charge on any atom is 0.328 e. The normalized spacial score (nSPS) is 16.5. The number of carbonyl (C=O) groups excluding carboxylic acids is 4. The lowest BCUT2D eigenvalue weighted by atomic mass is 10.0. The summed E-state index contributed by atoms with van der Waals surface area (Å²) in [7, 11) is 0. The summed E-state index contributed by atoms with van der Waals surface area (Å²) in [6, 6.07) is 11.2. The van der Waals surface area contributed by atoms with Crippen molar-refractivity contribution in [3.05, 3.63) is 64.9 Å². The number of rotatable bonds is 4. The highest BCUT2D eigenvalue weighted by Crippen LogP contribution is 2.21. The molecule has 2 aliphatic rings. The Morgan fingerprint density at radius 1 is 1.09 bits per heavy atom. The summed E-state index contributed by atoms with van der Waals surface area (Å²) in [6.45, 7) is 1.35. The molecule has 2 aliphatic heterocycles. The van der Waals surface area contributed by atoms with E-state index in [0.717, 1.165) is 12.8 Å². The molecule has 0 spiro atoms. The third-order valence-corrected chi connectivity index (χ3v) is 5.46. The molecule has 0 unspecified atom stereocenters. The van der Waals surface area contributed by atoms with Gasteiger partial charge in [-0.15, -0.1) is 0 Å². The van der Waals surface area contributed by atoms with E-state index < -0.39 is 17.8 Å². The Labute approximate surface area is 189 Å². The van der Waals surface area contributed by atoms with Gasteiger partial charge in [0.1, 0.15) is 17.5 Å². The molecule has 3 heterocycles. The minimum absolute atomic E-state index is 0.00281. The van der Waals surface area contributed by atoms with Gasteiger partial charge in [0, 0.05) is 30.9 Å². The molecular formula is C23H20N6O4. The summed E-state index contributed by atoms with van der Waals surface area (Å²) in [5, 5.41) is 16.3. The van der Waals surface area contributed by atoms with E-state index in [0.29, 0.717) is 35.6 Å². The number of aromatic nitrogens is 1. The predicted molar refractivity (Wildman–Crippen MR) is 118 cm³/mol. The molecule has 4 rings (SSSR count). The highest BCUT2D eigenvalue weighted by Gasteiger charge is 2.27. The van der Waals surface area contributed by atoms with E-state index in [9.17, 15) is 24.4 Å². The first kappa shape index (κ1) is 21.7. The Bertz CT molecular complexity index is 1170. The van der Waals surface area contributed by atoms with Gasteiger partial charge in [-0.05, 0) is 48.7 Å². The molecule has 1 aromatic carbocycles. The van der Waals surface area contributed by atoms with Crippen LogP contribution in [0.2, 0.25) is 0 Å². The van der Waals surface area contributed by atoms with Crippen molar-refractivity contribution in [3.63, 3.8) is 0 Å². The van der Waals surface area contributed by atoms with Gasteiger partial charge in [-0.2, -0.15) is 5.26 Å². The Morgan fingerprint density at radius 2 is 1.76 bits per heavy atom. The van der Waals surface area contributed by atoms with Crippen molar-refractivity contribution in [1.82, 2.24) is 20.9 Å². The molecule has 2 saturated heterocycles. The van der Waals surface area contributed by atoms with Crippen molar-refractivity contribution in [3.8, 4) is 6.07 Å². The highest BCUT2D eigenvalue weighted by atomic mass is 16.2. The van der Waals surface area contributed by atoms with E-state index >= 15 is 0 Å². The first-order valence-electron chi connectivity index (χ1n) is 10.3. The molecule has 33 heavy (non-hydrogen) atoms. The van der Waals surface area contributed by atoms with Crippen molar-refractivity contribution >= 4 is 35.6 Å². The predicted octanol–water partition coefficient (Wildman–Crippen LogP) is 1.10. The van der Waals surface area contributed by atoms with Crippen molar-refractivity contribution in [2.45, 2.75) is 18.9 Å². The maximum absolute atomic E-state index is 12.6. The van der Waals surface area contributed by atoms with Crippen molar-refractivity contribution in [2.24, 2.45) is 0 Å². The Hall–Kier alpha value is -4.52. The monoisotopic (exact) mass is 444 g/mol. The Balaban J connectivity index is 1.35. The van der Waals surface area contributed by atoms with E-state index in [1.54, 1.807) is 42.6 Å². The molecule has 1 aromatic heterocycles. The van der Waals surface area contributed by atoms with Crippen LogP contribution in [0.4, 0.5) is 10.6 Å². The van der Waals surface area contributed by atoms with Crippen LogP contribution in [-0.4, -0.2) is 47.9 Å². The van der Waals surface area contributed by atoms with Crippen LogP contribution in [0.1, 0.15) is 34.3 Å². The van der Waals surface area contributed by atoms with Crippen molar-refractivity contribution in [1.29, 1.82) is 5.26 Å². The molecule has 2 fully saturated rings. The lowest BCUT2D eigenvalue weighted by Crippen LogP contribution is -2.51. The molecule has 10 nitrogen and oxygen atoms in total. The topological polar surface area (TPSA) is 144 Å². The van der Waals surface area contributed by atoms with Crippen LogP contribution in [-0.2, 0) is 9.59 Å². The number of barbiturate groups is 1. The van der Waals surface area contributed by atoms with Crippen LogP contribution in [0.25, 0.3) is 6.08 Å². The van der Waals surface area contributed by atoms with E-state index in [2.05, 4.69) is 21.3 Å². The number of nitrogens with one attached hydrogen (secondary N) is 3. The first-order valence-corrected chi connectivity index (χ1v) is 10.3. The molecule has 0 atom stereocenters. The van der Waals surface area contributed by atoms with Gasteiger partial charge in [-0.25, -0.2) is 9.78 Å². The second kappa shape index (κ2) is 9.32. The number of hydrogen-bond acceptors (Lipinski definition) is 7. The largest absolute Gasteiger partial charge is 0.355 e. The maximum atomic E-state index is 12.6. The molecule has 5 amide bonds. The van der Waals surface area contributed by atoms with Crippen LogP contribution in [0.15, 0.2) is 48.2 Å². The molecule has 0 radical (unpaired) electrons. The summed E-state index contributed by atoms with van der Waals surface area (Å²) in [5.74, 6) is -1.10. The number of benzene rings is 1. The Kier molecular flexibility index (Phi) is 6.13. The number of anilines is 1. The number of nitriles is 1. The molecule has 0 aliphatic carbocycles. The number of pyridine rings is 1. The number of nitrogens with zero attached hydrogens (tertiary/aromatic N) is 3. The SMILES string of the molecule is N#Cc1cccnc1N1CCC(NC(=O)c2ccc(C=C3C(=O)NC(=O)NC3=O)cc2)CC1. The van der Waals surface area contributed by atoms with Gasteiger partial charge in [-0.3, -0.25) is 25.0 Å². The minimum Gasteiger partial charge on any atom is -0.355 e. The van der Waals surface area contributed by atoms with Crippen LogP contribution in [0, 0.1) is 11.3 Å². The third-order valence-electron chi connectivity index (χ3n) is 5.46. The number of hydrogen-bond donors (Lipinski definition) is 3. The van der Waals surface area contributed by atoms with Gasteiger partial charge >= 0.3 is 6.03 Å². The minimum atomic E-state index is -0.856. The molecule has 166 valence electrons. The molecule has 2 aromatic rings. The molecule has 0 bridgehead atoms. The van der Waals surface area contributed by atoms with Gasteiger partial charge in [0.25, 0.3) is 17.7 Å². The Morgan fingerprint density at radius 3 is 2.39 bits per heavy atom. The third kappa shape index (κ3) is 4.88. The number of amides is 5. The quantitative estimate of drug-likeness (QED) is 0.473. The smallest absolute Gasteiger partial charge is 0.328 e. The lowest BCUT2D eigenvalue weighted by Gasteiger charge is -2.33. The number of carbonyl (C=O) groups is 4. The fraction of sp³-hybridized carbons (Fsp3) is 0.217. The fourth-order valence-electron chi connectivity index (χ4n) is 3.74. The molecule has 3 N–H and O–H groups in total. The summed E-state index contributed by atoms with van der Waals surface area (Å²) in [6.07, 6.45) is 4.46. The van der Waals surface area contributed by atoms with Gasteiger partial charge in [0.15, 0.2) is 0 Å². The fourth-order valence-corrected chi connectivity index (χ4v) is 3.74. The van der Waals surface area contributed by atoms with E-state index in [1.165, 1.54) is 6.08 Å². The van der Waals surface area contributed by atoms with Crippen molar-refractivity contribution < 1.29 is 19.2 Å².